The molecule has 4 heteroatoms. The third-order valence-corrected chi connectivity index (χ3v) is 3.22. The molecule has 1 saturated heterocycles. The van der Waals surface area contributed by atoms with Crippen molar-refractivity contribution in [2.24, 2.45) is 17.1 Å². The lowest BCUT2D eigenvalue weighted by Gasteiger charge is -2.24. The number of ether oxygens (including phenoxy) is 1. The molecule has 1 heterocycles. The van der Waals surface area contributed by atoms with Gasteiger partial charge in [-0.3, -0.25) is 4.79 Å². The minimum atomic E-state index is 0.153. The Hall–Kier alpha value is -0.610. The minimum absolute atomic E-state index is 0.153. The van der Waals surface area contributed by atoms with Crippen molar-refractivity contribution in [2.45, 2.75) is 20.3 Å². The van der Waals surface area contributed by atoms with E-state index >= 15 is 0 Å². The topological polar surface area (TPSA) is 55.6 Å². The highest BCUT2D eigenvalue weighted by molar-refractivity contribution is 5.76. The summed E-state index contributed by atoms with van der Waals surface area (Å²) in [6, 6.07) is 0. The molecule has 88 valence electrons. The quantitative estimate of drug-likeness (QED) is 0.740. The van der Waals surface area contributed by atoms with Gasteiger partial charge in [0.2, 0.25) is 5.91 Å². The zero-order valence-corrected chi connectivity index (χ0v) is 9.95. The van der Waals surface area contributed by atoms with Crippen LogP contribution in [0.25, 0.3) is 0 Å². The summed E-state index contributed by atoms with van der Waals surface area (Å²) in [7, 11) is 1.71. The van der Waals surface area contributed by atoms with Crippen LogP contribution < -0.4 is 5.73 Å². The van der Waals surface area contributed by atoms with Gasteiger partial charge in [0, 0.05) is 39.1 Å². The number of nitrogens with two attached hydrogens (primary N) is 1. The summed E-state index contributed by atoms with van der Waals surface area (Å²) in [6.07, 6.45) is 0.454. The molecule has 0 spiro atoms. The predicted octanol–water partition coefficient (Wildman–Crippen LogP) is 0.466. The first-order chi connectivity index (χ1) is 7.01. The second kappa shape index (κ2) is 4.94. The molecule has 1 amide bonds. The minimum Gasteiger partial charge on any atom is -0.384 e. The Bertz CT molecular complexity index is 229. The molecule has 0 bridgehead atoms. The Kier molecular flexibility index (Phi) is 4.11. The number of rotatable bonds is 4. The van der Waals surface area contributed by atoms with Crippen LogP contribution >= 0.6 is 0 Å². The first-order valence-electron chi connectivity index (χ1n) is 5.48. The fourth-order valence-electron chi connectivity index (χ4n) is 2.15. The third-order valence-electron chi connectivity index (χ3n) is 3.22. The normalized spacial score (nSPS) is 24.5. The molecule has 1 atom stereocenters. The first-order valence-corrected chi connectivity index (χ1v) is 5.48. The molecule has 0 radical (unpaired) electrons. The lowest BCUT2D eigenvalue weighted by atomic mass is 9.83. The molecular weight excluding hydrogens is 192 g/mol. The van der Waals surface area contributed by atoms with Crippen molar-refractivity contribution in [3.05, 3.63) is 0 Å². The highest BCUT2D eigenvalue weighted by Crippen LogP contribution is 2.35. The fraction of sp³-hybridized carbons (Fsp3) is 0.909. The van der Waals surface area contributed by atoms with Crippen molar-refractivity contribution >= 4 is 5.91 Å². The van der Waals surface area contributed by atoms with Crippen LogP contribution in [0.15, 0.2) is 0 Å². The number of likely N-dealkylation sites (tertiary alicyclic amines) is 1. The van der Waals surface area contributed by atoms with Crippen molar-refractivity contribution < 1.29 is 9.53 Å². The third kappa shape index (κ3) is 2.92. The Labute approximate surface area is 91.8 Å². The summed E-state index contributed by atoms with van der Waals surface area (Å²) in [5.41, 5.74) is 5.54. The van der Waals surface area contributed by atoms with Gasteiger partial charge in [-0.2, -0.15) is 0 Å². The standard InChI is InChI=1S/C11H22N2O2/c1-11(2)8-13(10(14)4-5-12)6-9(11)7-15-3/h9H,4-8,12H2,1-3H3/t9-/m1/s1. The van der Waals surface area contributed by atoms with Crippen LogP contribution in [0.1, 0.15) is 20.3 Å². The van der Waals surface area contributed by atoms with E-state index in [-0.39, 0.29) is 11.3 Å². The summed E-state index contributed by atoms with van der Waals surface area (Å²) < 4.78 is 5.19. The average Bonchev–Trinajstić information content (AvgIpc) is 2.44. The zero-order valence-electron chi connectivity index (χ0n) is 9.95. The monoisotopic (exact) mass is 214 g/mol. The molecule has 0 aromatic carbocycles. The fourth-order valence-corrected chi connectivity index (χ4v) is 2.15. The van der Waals surface area contributed by atoms with E-state index in [1.807, 2.05) is 4.90 Å². The van der Waals surface area contributed by atoms with Crippen LogP contribution in [-0.4, -0.2) is 44.2 Å². The molecule has 1 aliphatic heterocycles. The van der Waals surface area contributed by atoms with Gasteiger partial charge in [0.1, 0.15) is 0 Å². The highest BCUT2D eigenvalue weighted by atomic mass is 16.5. The Balaban J connectivity index is 2.57. The van der Waals surface area contributed by atoms with E-state index < -0.39 is 0 Å². The van der Waals surface area contributed by atoms with Gasteiger partial charge in [-0.15, -0.1) is 0 Å². The first kappa shape index (κ1) is 12.5. The van der Waals surface area contributed by atoms with Crippen LogP contribution in [0.4, 0.5) is 0 Å². The van der Waals surface area contributed by atoms with Crippen LogP contribution in [0.5, 0.6) is 0 Å². The van der Waals surface area contributed by atoms with Crippen molar-refractivity contribution in [2.75, 3.05) is 33.4 Å². The average molecular weight is 214 g/mol. The molecule has 1 aliphatic rings. The van der Waals surface area contributed by atoms with Gasteiger partial charge in [-0.05, 0) is 5.41 Å². The lowest BCUT2D eigenvalue weighted by Crippen LogP contribution is -2.31. The summed E-state index contributed by atoms with van der Waals surface area (Å²) in [6.45, 7) is 7.16. The molecule has 15 heavy (non-hydrogen) atoms. The molecule has 0 saturated carbocycles. The number of amides is 1. The second-order valence-corrected chi connectivity index (χ2v) is 4.95. The van der Waals surface area contributed by atoms with Crippen molar-refractivity contribution in [3.8, 4) is 0 Å². The largest absolute Gasteiger partial charge is 0.384 e. The zero-order chi connectivity index (χ0) is 11.5. The molecule has 2 N–H and O–H groups in total. The molecule has 1 rings (SSSR count). The SMILES string of the molecule is COC[C@H]1CN(C(=O)CCN)CC1(C)C. The van der Waals surface area contributed by atoms with E-state index in [0.29, 0.717) is 18.9 Å². The molecule has 1 fully saturated rings. The van der Waals surface area contributed by atoms with Gasteiger partial charge in [-0.1, -0.05) is 13.8 Å². The highest BCUT2D eigenvalue weighted by Gasteiger charge is 2.40. The van der Waals surface area contributed by atoms with Crippen LogP contribution in [0.2, 0.25) is 0 Å². The maximum Gasteiger partial charge on any atom is 0.223 e. The smallest absolute Gasteiger partial charge is 0.223 e. The molecular formula is C11H22N2O2. The summed E-state index contributed by atoms with van der Waals surface area (Å²) in [5, 5.41) is 0. The lowest BCUT2D eigenvalue weighted by molar-refractivity contribution is -0.130. The maximum atomic E-state index is 11.7. The molecule has 4 nitrogen and oxygen atoms in total. The number of hydrogen-bond acceptors (Lipinski definition) is 3. The predicted molar refractivity (Wildman–Crippen MR) is 59.4 cm³/mol. The Morgan fingerprint density at radius 1 is 1.60 bits per heavy atom. The van der Waals surface area contributed by atoms with Crippen molar-refractivity contribution in [3.63, 3.8) is 0 Å². The van der Waals surface area contributed by atoms with E-state index in [4.69, 9.17) is 10.5 Å². The molecule has 0 aromatic rings. The van der Waals surface area contributed by atoms with Crippen molar-refractivity contribution in [1.82, 2.24) is 4.90 Å². The maximum absolute atomic E-state index is 11.7. The molecule has 0 aromatic heterocycles. The number of carbonyl (C=O) groups is 1. The second-order valence-electron chi connectivity index (χ2n) is 4.95. The summed E-state index contributed by atoms with van der Waals surface area (Å²) in [4.78, 5) is 13.6. The van der Waals surface area contributed by atoms with E-state index in [0.717, 1.165) is 19.7 Å². The summed E-state index contributed by atoms with van der Waals surface area (Å²) in [5.74, 6) is 0.605. The molecule has 0 unspecified atom stereocenters. The van der Waals surface area contributed by atoms with Gasteiger partial charge in [0.25, 0.3) is 0 Å². The van der Waals surface area contributed by atoms with E-state index in [9.17, 15) is 4.79 Å². The summed E-state index contributed by atoms with van der Waals surface area (Å²) >= 11 is 0. The van der Waals surface area contributed by atoms with E-state index in [1.165, 1.54) is 0 Å². The van der Waals surface area contributed by atoms with Gasteiger partial charge in [-0.25, -0.2) is 0 Å². The van der Waals surface area contributed by atoms with E-state index in [1.54, 1.807) is 7.11 Å². The van der Waals surface area contributed by atoms with E-state index in [2.05, 4.69) is 13.8 Å². The van der Waals surface area contributed by atoms with Gasteiger partial charge >= 0.3 is 0 Å². The Morgan fingerprint density at radius 3 is 2.80 bits per heavy atom. The Morgan fingerprint density at radius 2 is 2.27 bits per heavy atom. The number of hydrogen-bond donors (Lipinski definition) is 1. The number of carbonyl (C=O) groups excluding carboxylic acids is 1. The number of nitrogens with zero attached hydrogens (tertiary/aromatic N) is 1. The van der Waals surface area contributed by atoms with Crippen LogP contribution in [0.3, 0.4) is 0 Å². The van der Waals surface area contributed by atoms with Crippen LogP contribution in [0, 0.1) is 11.3 Å². The molecule has 0 aliphatic carbocycles. The van der Waals surface area contributed by atoms with Gasteiger partial charge in [0.15, 0.2) is 0 Å². The van der Waals surface area contributed by atoms with Gasteiger partial charge in [0.05, 0.1) is 6.61 Å². The van der Waals surface area contributed by atoms with Gasteiger partial charge < -0.3 is 15.4 Å². The number of methoxy groups -OCH3 is 1. The van der Waals surface area contributed by atoms with Crippen molar-refractivity contribution in [1.29, 1.82) is 0 Å². The van der Waals surface area contributed by atoms with Crippen LogP contribution in [-0.2, 0) is 9.53 Å².